The monoisotopic (exact) mass is 392 g/mol. The second kappa shape index (κ2) is 6.35. The Morgan fingerprint density at radius 1 is 0.435 bits per heavy atom. The minimum atomic E-state index is -8.19. The van der Waals surface area contributed by atoms with Gasteiger partial charge in [-0.3, -0.25) is 0 Å². The van der Waals surface area contributed by atoms with Gasteiger partial charge in [0.1, 0.15) is 0 Å². The summed E-state index contributed by atoms with van der Waals surface area (Å²) in [6.07, 6.45) is -12.5. The van der Waals surface area contributed by atoms with Crippen molar-refractivity contribution in [2.24, 2.45) is 0 Å². The molecule has 0 aromatic heterocycles. The molecule has 0 bridgehead atoms. The zero-order chi connectivity index (χ0) is 18.6. The Bertz CT molecular complexity index is 407. The van der Waals surface area contributed by atoms with Crippen molar-refractivity contribution in [3.05, 3.63) is 6.43 Å². The summed E-state index contributed by atoms with van der Waals surface area (Å²) >= 11 is 0. The first kappa shape index (κ1) is 25.2. The first-order chi connectivity index (χ1) is 9.19. The summed E-state index contributed by atoms with van der Waals surface area (Å²) in [5.74, 6) is -39.6. The maximum Gasteiger partial charge on any atom is 1.00 e. The predicted molar refractivity (Wildman–Crippen MR) is 36.2 cm³/mol. The molecule has 0 saturated carbocycles. The fraction of sp³-hybridized carbons (Fsp3) is 0.857. The second-order valence-corrected chi connectivity index (χ2v) is 3.63. The van der Waals surface area contributed by atoms with Gasteiger partial charge >= 0.3 is 59.4 Å². The Kier molecular flexibility index (Phi) is 6.96. The molecule has 0 rings (SSSR count). The molecular weight excluding hydrogens is 392 g/mol. The Labute approximate surface area is 138 Å². The van der Waals surface area contributed by atoms with E-state index in [1.165, 1.54) is 0 Å². The molecule has 0 fully saturated rings. The molecule has 0 aliphatic rings. The Hall–Kier alpha value is -0.0500. The maximum atomic E-state index is 12.6. The average molecular weight is 392 g/mol. The Morgan fingerprint density at radius 2 is 0.696 bits per heavy atom. The van der Waals surface area contributed by atoms with E-state index in [0.717, 1.165) is 0 Å². The minimum absolute atomic E-state index is 0. The molecule has 0 nitrogen and oxygen atoms in total. The van der Waals surface area contributed by atoms with Gasteiger partial charge in [-0.15, -0.1) is 0 Å². The molecule has 0 N–H and O–H groups in total. The van der Waals surface area contributed by atoms with Crippen LogP contribution in [0.3, 0.4) is 0 Å². The van der Waals surface area contributed by atoms with Crippen molar-refractivity contribution >= 4 is 0 Å². The molecule has 0 heterocycles. The number of alkyl halides is 13. The zero-order valence-electron chi connectivity index (χ0n) is 10.2. The van der Waals surface area contributed by atoms with Crippen LogP contribution >= 0.6 is 0 Å². The molecule has 0 saturated heterocycles. The van der Waals surface area contributed by atoms with Crippen LogP contribution in [0, 0.1) is 6.43 Å². The summed E-state index contributed by atoms with van der Waals surface area (Å²) in [5.41, 5.74) is 0. The van der Waals surface area contributed by atoms with Crippen LogP contribution in [-0.4, -0.2) is 35.8 Å². The van der Waals surface area contributed by atoms with Crippen LogP contribution in [0.2, 0.25) is 0 Å². The Morgan fingerprint density at radius 3 is 0.913 bits per heavy atom. The van der Waals surface area contributed by atoms with Crippen molar-refractivity contribution in [2.45, 2.75) is 35.8 Å². The van der Waals surface area contributed by atoms with Gasteiger partial charge in [-0.25, -0.2) is 8.78 Å². The van der Waals surface area contributed by atoms with E-state index < -0.39 is 42.2 Å². The van der Waals surface area contributed by atoms with Gasteiger partial charge in [0.15, 0.2) is 0 Å². The van der Waals surface area contributed by atoms with E-state index in [9.17, 15) is 65.9 Å². The predicted octanol–water partition coefficient (Wildman–Crippen LogP) is 2.16. The molecule has 0 aromatic carbocycles. The van der Waals surface area contributed by atoms with Crippen LogP contribution in [0.5, 0.6) is 0 Å². The van der Waals surface area contributed by atoms with Gasteiger partial charge < -0.3 is 8.78 Å². The number of hydrogen-bond donors (Lipinski definition) is 0. The topological polar surface area (TPSA) is 0 Å². The van der Waals surface area contributed by atoms with Gasteiger partial charge in [0.2, 0.25) is 0 Å². The molecule has 0 atom stereocenters. The molecule has 0 aliphatic heterocycles. The van der Waals surface area contributed by atoms with E-state index in [2.05, 4.69) is 0 Å². The van der Waals surface area contributed by atoms with Crippen molar-refractivity contribution in [2.75, 3.05) is 0 Å². The third kappa shape index (κ3) is 3.37. The van der Waals surface area contributed by atoms with E-state index in [0.29, 0.717) is 0 Å². The van der Waals surface area contributed by atoms with E-state index in [4.69, 9.17) is 0 Å². The summed E-state index contributed by atoms with van der Waals surface area (Å²) < 4.78 is 181. The first-order valence-corrected chi connectivity index (χ1v) is 4.33. The van der Waals surface area contributed by atoms with Crippen molar-refractivity contribution in [1.82, 2.24) is 0 Å². The molecule has 134 valence electrons. The van der Waals surface area contributed by atoms with Crippen LogP contribution in [0.4, 0.5) is 65.9 Å². The van der Waals surface area contributed by atoms with Gasteiger partial charge in [-0.05, 0) is 0 Å². The normalized spacial score (nSPS) is 15.7. The van der Waals surface area contributed by atoms with Crippen LogP contribution in [0.25, 0.3) is 0 Å². The SMILES string of the molecule is F[C-](F)C(F)(F)C(F)(F)C(F)(F)C(F)(F)C(F)(F)C(F)(F)F.[Na+]. The second-order valence-electron chi connectivity index (χ2n) is 3.63. The third-order valence-electron chi connectivity index (χ3n) is 2.17. The van der Waals surface area contributed by atoms with Gasteiger partial charge in [0.05, 0.1) is 6.43 Å². The molecule has 0 aromatic rings. The van der Waals surface area contributed by atoms with Crippen LogP contribution < -0.4 is 29.6 Å². The van der Waals surface area contributed by atoms with Gasteiger partial charge in [-0.2, -0.15) is 48.3 Å². The summed E-state index contributed by atoms with van der Waals surface area (Å²) in [7, 11) is 0. The third-order valence-corrected chi connectivity index (χ3v) is 2.17. The van der Waals surface area contributed by atoms with Crippen molar-refractivity contribution in [3.63, 3.8) is 0 Å². The first-order valence-electron chi connectivity index (χ1n) is 4.33. The van der Waals surface area contributed by atoms with Crippen molar-refractivity contribution < 1.29 is 95.4 Å². The number of halogens is 15. The molecular formula is C7F15Na. The molecule has 23 heavy (non-hydrogen) atoms. The van der Waals surface area contributed by atoms with E-state index >= 15 is 0 Å². The smallest absolute Gasteiger partial charge is 0.415 e. The molecule has 0 radical (unpaired) electrons. The fourth-order valence-corrected chi connectivity index (χ4v) is 0.888. The summed E-state index contributed by atoms with van der Waals surface area (Å²) in [6.45, 7) is 0. The molecule has 0 aliphatic carbocycles. The minimum Gasteiger partial charge on any atom is -0.415 e. The van der Waals surface area contributed by atoms with Gasteiger partial charge in [0, 0.05) is 0 Å². The van der Waals surface area contributed by atoms with Gasteiger partial charge in [0.25, 0.3) is 5.92 Å². The zero-order valence-corrected chi connectivity index (χ0v) is 12.2. The van der Waals surface area contributed by atoms with Crippen molar-refractivity contribution in [3.8, 4) is 0 Å². The fourth-order valence-electron chi connectivity index (χ4n) is 0.888. The Balaban J connectivity index is 0. The number of hydrogen-bond acceptors (Lipinski definition) is 0. The standard InChI is InChI=1S/C7F15.Na/c8-1(9)2(10,11)3(12,13)4(14,15)5(16,17)6(18,19)7(20,21)22;/q-1;+1. The van der Waals surface area contributed by atoms with E-state index in [-0.39, 0.29) is 29.6 Å². The van der Waals surface area contributed by atoms with Crippen LogP contribution in [-0.2, 0) is 0 Å². The summed E-state index contributed by atoms with van der Waals surface area (Å²) in [4.78, 5) is 0. The maximum absolute atomic E-state index is 12.6. The van der Waals surface area contributed by atoms with Crippen molar-refractivity contribution in [1.29, 1.82) is 0 Å². The molecule has 16 heteroatoms. The number of rotatable bonds is 5. The molecule has 0 amide bonds. The van der Waals surface area contributed by atoms with E-state index in [1.807, 2.05) is 0 Å². The van der Waals surface area contributed by atoms with E-state index in [1.54, 1.807) is 0 Å². The largest absolute Gasteiger partial charge is 1.00 e. The average Bonchev–Trinajstić information content (AvgIpc) is 2.25. The van der Waals surface area contributed by atoms with Gasteiger partial charge in [-0.1, -0.05) is 0 Å². The van der Waals surface area contributed by atoms with Crippen LogP contribution in [0.15, 0.2) is 0 Å². The molecule has 0 spiro atoms. The molecule has 0 unspecified atom stereocenters. The summed E-state index contributed by atoms with van der Waals surface area (Å²) in [6, 6.07) is 0. The summed E-state index contributed by atoms with van der Waals surface area (Å²) in [5, 5.41) is 0. The van der Waals surface area contributed by atoms with Crippen LogP contribution in [0.1, 0.15) is 0 Å². The quantitative estimate of drug-likeness (QED) is 0.382.